The number of anilines is 1. The number of benzene rings is 2. The monoisotopic (exact) mass is 339 g/mol. The van der Waals surface area contributed by atoms with Gasteiger partial charge >= 0.3 is 0 Å². The van der Waals surface area contributed by atoms with Crippen molar-refractivity contribution in [2.45, 2.75) is 20.1 Å². The number of carbonyl (C=O) groups excluding carboxylic acids is 2. The number of nitrogens with one attached hydrogen (secondary N) is 1. The van der Waals surface area contributed by atoms with E-state index in [2.05, 4.69) is 10.4 Å². The van der Waals surface area contributed by atoms with Crippen molar-refractivity contribution in [2.75, 3.05) is 5.32 Å². The molecule has 3 rings (SSSR count). The number of hydrazone groups is 1. The fourth-order valence-corrected chi connectivity index (χ4v) is 2.47. The highest BCUT2D eigenvalue weighted by molar-refractivity contribution is 5.98. The van der Waals surface area contributed by atoms with Gasteiger partial charge in [-0.1, -0.05) is 6.07 Å². The van der Waals surface area contributed by atoms with Gasteiger partial charge in [0.25, 0.3) is 0 Å². The summed E-state index contributed by atoms with van der Waals surface area (Å²) in [4.78, 5) is 23.1. The minimum Gasteiger partial charge on any atom is -0.508 e. The maximum absolute atomic E-state index is 11.9. The van der Waals surface area contributed by atoms with Crippen LogP contribution in [-0.2, 0) is 14.3 Å². The van der Waals surface area contributed by atoms with Gasteiger partial charge in [-0.05, 0) is 42.5 Å². The Morgan fingerprint density at radius 3 is 2.52 bits per heavy atom. The summed E-state index contributed by atoms with van der Waals surface area (Å²) in [6, 6.07) is 13.4. The number of phenols is 1. The lowest BCUT2D eigenvalue weighted by molar-refractivity contribution is -0.135. The standard InChI is InChI=1S/C18H17N3O4/c1-11(22)19-15-5-3-4-14(10-15)17-20-21(12(2)23)18(25-17)13-6-8-16(24)9-7-13/h3-10,18,24H,1-2H3,(H,19,22)/t18-/m1/s1. The lowest BCUT2D eigenvalue weighted by Crippen LogP contribution is -2.25. The fraction of sp³-hybridized carbons (Fsp3) is 0.167. The summed E-state index contributed by atoms with van der Waals surface area (Å²) < 4.78 is 5.87. The topological polar surface area (TPSA) is 91.2 Å². The molecule has 2 N–H and O–H groups in total. The molecule has 0 saturated heterocycles. The van der Waals surface area contributed by atoms with Gasteiger partial charge in [0.05, 0.1) is 0 Å². The maximum Gasteiger partial charge on any atom is 0.243 e. The third kappa shape index (κ3) is 3.60. The number of rotatable bonds is 3. The van der Waals surface area contributed by atoms with Crippen molar-refractivity contribution in [2.24, 2.45) is 5.10 Å². The van der Waals surface area contributed by atoms with Gasteiger partial charge in [-0.3, -0.25) is 9.59 Å². The van der Waals surface area contributed by atoms with Gasteiger partial charge in [0.15, 0.2) is 0 Å². The quantitative estimate of drug-likeness (QED) is 0.899. The van der Waals surface area contributed by atoms with Crippen molar-refractivity contribution >= 4 is 23.4 Å². The van der Waals surface area contributed by atoms with Gasteiger partial charge < -0.3 is 15.2 Å². The first-order valence-electron chi connectivity index (χ1n) is 7.66. The van der Waals surface area contributed by atoms with Crippen LogP contribution in [0.1, 0.15) is 31.2 Å². The Balaban J connectivity index is 1.90. The lowest BCUT2D eigenvalue weighted by Gasteiger charge is -2.19. The lowest BCUT2D eigenvalue weighted by atomic mass is 10.1. The molecule has 0 spiro atoms. The molecule has 7 heteroatoms. The summed E-state index contributed by atoms with van der Waals surface area (Å²) in [6.45, 7) is 2.82. The molecule has 2 aromatic rings. The van der Waals surface area contributed by atoms with Crippen molar-refractivity contribution in [3.63, 3.8) is 0 Å². The van der Waals surface area contributed by atoms with E-state index in [9.17, 15) is 14.7 Å². The first kappa shape index (κ1) is 16.5. The molecule has 128 valence electrons. The normalized spacial score (nSPS) is 16.2. The zero-order valence-electron chi connectivity index (χ0n) is 13.8. The van der Waals surface area contributed by atoms with E-state index in [1.54, 1.807) is 36.4 Å². The van der Waals surface area contributed by atoms with E-state index in [-0.39, 0.29) is 23.5 Å². The first-order chi connectivity index (χ1) is 11.9. The maximum atomic E-state index is 11.9. The van der Waals surface area contributed by atoms with Crippen molar-refractivity contribution < 1.29 is 19.4 Å². The van der Waals surface area contributed by atoms with Crippen LogP contribution in [0, 0.1) is 0 Å². The average Bonchev–Trinajstić information content (AvgIpc) is 3.01. The molecule has 0 aliphatic carbocycles. The number of hydrogen-bond donors (Lipinski definition) is 2. The van der Waals surface area contributed by atoms with Crippen molar-refractivity contribution in [3.05, 3.63) is 59.7 Å². The molecule has 0 saturated carbocycles. The van der Waals surface area contributed by atoms with Crippen LogP contribution in [0.3, 0.4) is 0 Å². The number of ether oxygens (including phenoxy) is 1. The smallest absolute Gasteiger partial charge is 0.243 e. The second kappa shape index (κ2) is 6.64. The number of amides is 2. The minimum absolute atomic E-state index is 0.125. The average molecular weight is 339 g/mol. The SMILES string of the molecule is CC(=O)Nc1cccc(C2=NN(C(C)=O)[C@@H](c3ccc(O)cc3)O2)c1. The van der Waals surface area contributed by atoms with Crippen LogP contribution in [0.4, 0.5) is 5.69 Å². The molecule has 0 fully saturated rings. The Morgan fingerprint density at radius 1 is 1.16 bits per heavy atom. The van der Waals surface area contributed by atoms with E-state index in [4.69, 9.17) is 4.74 Å². The van der Waals surface area contributed by atoms with Crippen LogP contribution >= 0.6 is 0 Å². The van der Waals surface area contributed by atoms with Gasteiger partial charge in [-0.15, -0.1) is 5.10 Å². The number of nitrogens with zero attached hydrogens (tertiary/aromatic N) is 2. The molecule has 7 nitrogen and oxygen atoms in total. The molecule has 1 heterocycles. The van der Waals surface area contributed by atoms with Gasteiger partial charge in [-0.25, -0.2) is 0 Å². The van der Waals surface area contributed by atoms with Crippen molar-refractivity contribution in [1.82, 2.24) is 5.01 Å². The summed E-state index contributed by atoms with van der Waals surface area (Å²) in [5.74, 6) is -0.0504. The Kier molecular flexibility index (Phi) is 4.38. The van der Waals surface area contributed by atoms with Crippen molar-refractivity contribution in [3.8, 4) is 5.75 Å². The molecule has 0 unspecified atom stereocenters. The van der Waals surface area contributed by atoms with E-state index in [0.717, 1.165) is 0 Å². The highest BCUT2D eigenvalue weighted by Gasteiger charge is 2.33. The third-order valence-electron chi connectivity index (χ3n) is 3.57. The molecule has 0 bridgehead atoms. The van der Waals surface area contributed by atoms with E-state index in [1.807, 2.05) is 0 Å². The number of carbonyl (C=O) groups is 2. The Bertz CT molecular complexity index is 846. The highest BCUT2D eigenvalue weighted by Crippen LogP contribution is 2.31. The fourth-order valence-electron chi connectivity index (χ4n) is 2.47. The van der Waals surface area contributed by atoms with Gasteiger partial charge in [-0.2, -0.15) is 5.01 Å². The van der Waals surface area contributed by atoms with Crippen LogP contribution < -0.4 is 5.32 Å². The van der Waals surface area contributed by atoms with Gasteiger partial charge in [0.1, 0.15) is 5.75 Å². The molecule has 0 aromatic heterocycles. The predicted octanol–water partition coefficient (Wildman–Crippen LogP) is 2.59. The van der Waals surface area contributed by atoms with Crippen LogP contribution in [0.15, 0.2) is 53.6 Å². The molecular weight excluding hydrogens is 322 g/mol. The van der Waals surface area contributed by atoms with Crippen LogP contribution in [0.2, 0.25) is 0 Å². The van der Waals surface area contributed by atoms with E-state index in [1.165, 1.54) is 31.0 Å². The van der Waals surface area contributed by atoms with Crippen molar-refractivity contribution in [1.29, 1.82) is 0 Å². The molecular formula is C18H17N3O4. The number of phenolic OH excluding ortho intramolecular Hbond substituents is 1. The summed E-state index contributed by atoms with van der Waals surface area (Å²) in [5.41, 5.74) is 1.93. The van der Waals surface area contributed by atoms with Crippen LogP contribution in [0.5, 0.6) is 5.75 Å². The first-order valence-corrected chi connectivity index (χ1v) is 7.66. The van der Waals surface area contributed by atoms with Gasteiger partial charge in [0, 0.05) is 30.7 Å². The molecule has 1 atom stereocenters. The third-order valence-corrected chi connectivity index (χ3v) is 3.57. The summed E-state index contributed by atoms with van der Waals surface area (Å²) in [6.07, 6.45) is -0.711. The number of aromatic hydroxyl groups is 1. The Labute approximate surface area is 144 Å². The molecule has 2 amide bonds. The van der Waals surface area contributed by atoms with E-state index < -0.39 is 6.23 Å². The molecule has 1 aliphatic heterocycles. The Hall–Kier alpha value is -3.35. The van der Waals surface area contributed by atoms with Gasteiger partial charge in [0.2, 0.25) is 23.9 Å². The zero-order chi connectivity index (χ0) is 18.0. The van der Waals surface area contributed by atoms with E-state index in [0.29, 0.717) is 16.8 Å². The summed E-state index contributed by atoms with van der Waals surface area (Å²) >= 11 is 0. The highest BCUT2D eigenvalue weighted by atomic mass is 16.5. The predicted molar refractivity (Wildman–Crippen MR) is 91.7 cm³/mol. The summed E-state index contributed by atoms with van der Waals surface area (Å²) in [7, 11) is 0. The molecule has 0 radical (unpaired) electrons. The van der Waals surface area contributed by atoms with Crippen LogP contribution in [-0.4, -0.2) is 27.8 Å². The zero-order valence-corrected chi connectivity index (χ0v) is 13.8. The minimum atomic E-state index is -0.711. The molecule has 1 aliphatic rings. The summed E-state index contributed by atoms with van der Waals surface area (Å²) in [5, 5.41) is 17.6. The largest absolute Gasteiger partial charge is 0.508 e. The second-order valence-electron chi connectivity index (χ2n) is 5.59. The second-order valence-corrected chi connectivity index (χ2v) is 5.59. The van der Waals surface area contributed by atoms with Crippen LogP contribution in [0.25, 0.3) is 0 Å². The molecule has 25 heavy (non-hydrogen) atoms. The van der Waals surface area contributed by atoms with E-state index >= 15 is 0 Å². The molecule has 2 aromatic carbocycles. The number of hydrogen-bond acceptors (Lipinski definition) is 5. The Morgan fingerprint density at radius 2 is 1.88 bits per heavy atom.